The number of nitrogens with one attached hydrogen (secondary N) is 1. The number of hydrogen-bond donors (Lipinski definition) is 1. The summed E-state index contributed by atoms with van der Waals surface area (Å²) in [6.45, 7) is 11.5. The van der Waals surface area contributed by atoms with Crippen molar-refractivity contribution in [1.82, 2.24) is 0 Å². The number of benzene rings is 1. The Morgan fingerprint density at radius 1 is 1.00 bits per heavy atom. The lowest BCUT2D eigenvalue weighted by molar-refractivity contribution is 0.336. The zero-order chi connectivity index (χ0) is 16.0. The van der Waals surface area contributed by atoms with Gasteiger partial charge in [-0.25, -0.2) is 0 Å². The molecular weight excluding hydrogens is 268 g/mol. The molecule has 1 N–H and O–H groups in total. The van der Waals surface area contributed by atoms with Gasteiger partial charge in [0.2, 0.25) is 0 Å². The van der Waals surface area contributed by atoms with Crippen molar-refractivity contribution in [3.63, 3.8) is 0 Å². The molecule has 0 saturated carbocycles. The Bertz CT molecular complexity index is 461. The topological polar surface area (TPSA) is 15.3 Å². The van der Waals surface area contributed by atoms with Crippen LogP contribution < -0.4 is 10.2 Å². The van der Waals surface area contributed by atoms with Crippen LogP contribution in [0.25, 0.3) is 0 Å². The minimum atomic E-state index is 0.303. The Morgan fingerprint density at radius 2 is 1.73 bits per heavy atom. The van der Waals surface area contributed by atoms with E-state index < -0.39 is 0 Å². The third-order valence-electron chi connectivity index (χ3n) is 4.95. The summed E-state index contributed by atoms with van der Waals surface area (Å²) in [6, 6.07) is 7.04. The molecule has 0 atom stereocenters. The Morgan fingerprint density at radius 3 is 2.32 bits per heavy atom. The Hall–Kier alpha value is -1.18. The van der Waals surface area contributed by atoms with Crippen LogP contribution in [-0.4, -0.2) is 18.6 Å². The third-order valence-corrected chi connectivity index (χ3v) is 4.95. The number of rotatable bonds is 8. The molecule has 124 valence electrons. The molecule has 2 nitrogen and oxygen atoms in total. The van der Waals surface area contributed by atoms with Crippen molar-refractivity contribution in [2.24, 2.45) is 0 Å². The molecule has 0 saturated heterocycles. The number of fused-ring (bicyclic) bond motifs is 1. The standard InChI is InChI=1S/C20H34N2/c1-5-9-17-10-11-18-19(15-17)22(14-8-4)20(12-6-2,13-7-3)16-21-18/h10-11,15,21H,5-9,12-14,16H2,1-4H3. The van der Waals surface area contributed by atoms with Gasteiger partial charge in [0.25, 0.3) is 0 Å². The van der Waals surface area contributed by atoms with Crippen molar-refractivity contribution < 1.29 is 0 Å². The maximum Gasteiger partial charge on any atom is 0.0610 e. The summed E-state index contributed by atoms with van der Waals surface area (Å²) in [5.41, 5.74) is 4.56. The van der Waals surface area contributed by atoms with Crippen molar-refractivity contribution in [1.29, 1.82) is 0 Å². The summed E-state index contributed by atoms with van der Waals surface area (Å²) >= 11 is 0. The minimum absolute atomic E-state index is 0.303. The molecule has 0 fully saturated rings. The second-order valence-corrected chi connectivity index (χ2v) is 6.83. The highest BCUT2D eigenvalue weighted by Gasteiger charge is 2.38. The van der Waals surface area contributed by atoms with E-state index in [1.165, 1.54) is 68.4 Å². The van der Waals surface area contributed by atoms with E-state index in [9.17, 15) is 0 Å². The molecule has 0 radical (unpaired) electrons. The molecule has 2 rings (SSSR count). The van der Waals surface area contributed by atoms with Crippen LogP contribution >= 0.6 is 0 Å². The normalized spacial score (nSPS) is 16.3. The maximum absolute atomic E-state index is 3.74. The largest absolute Gasteiger partial charge is 0.381 e. The van der Waals surface area contributed by atoms with Gasteiger partial charge in [0.15, 0.2) is 0 Å². The molecule has 0 aromatic heterocycles. The molecule has 1 aromatic carbocycles. The van der Waals surface area contributed by atoms with Crippen LogP contribution in [0.5, 0.6) is 0 Å². The molecule has 0 unspecified atom stereocenters. The van der Waals surface area contributed by atoms with Crippen LogP contribution in [0.15, 0.2) is 18.2 Å². The fraction of sp³-hybridized carbons (Fsp3) is 0.700. The van der Waals surface area contributed by atoms with Crippen LogP contribution in [0.1, 0.15) is 71.8 Å². The van der Waals surface area contributed by atoms with Gasteiger partial charge in [-0.2, -0.15) is 0 Å². The monoisotopic (exact) mass is 302 g/mol. The smallest absolute Gasteiger partial charge is 0.0610 e. The van der Waals surface area contributed by atoms with Gasteiger partial charge in [-0.3, -0.25) is 0 Å². The Kier molecular flexibility index (Phi) is 6.16. The van der Waals surface area contributed by atoms with Gasteiger partial charge < -0.3 is 10.2 Å². The summed E-state index contributed by atoms with van der Waals surface area (Å²) in [4.78, 5) is 2.74. The Balaban J connectivity index is 2.42. The maximum atomic E-state index is 3.74. The van der Waals surface area contributed by atoms with E-state index in [-0.39, 0.29) is 0 Å². The quantitative estimate of drug-likeness (QED) is 0.670. The van der Waals surface area contributed by atoms with Crippen LogP contribution in [0.3, 0.4) is 0 Å². The van der Waals surface area contributed by atoms with Gasteiger partial charge >= 0.3 is 0 Å². The second-order valence-electron chi connectivity index (χ2n) is 6.83. The fourth-order valence-electron chi connectivity index (χ4n) is 4.09. The van der Waals surface area contributed by atoms with E-state index >= 15 is 0 Å². The van der Waals surface area contributed by atoms with E-state index in [0.29, 0.717) is 5.54 Å². The van der Waals surface area contributed by atoms with Crippen LogP contribution in [-0.2, 0) is 6.42 Å². The Labute approximate surface area is 137 Å². The summed E-state index contributed by atoms with van der Waals surface area (Å²) in [7, 11) is 0. The summed E-state index contributed by atoms with van der Waals surface area (Å²) in [5.74, 6) is 0. The highest BCUT2D eigenvalue weighted by Crippen LogP contribution is 2.41. The zero-order valence-corrected chi connectivity index (χ0v) is 15.0. The van der Waals surface area contributed by atoms with E-state index in [0.717, 1.165) is 6.54 Å². The van der Waals surface area contributed by atoms with Crippen LogP contribution in [0.4, 0.5) is 11.4 Å². The molecule has 1 aromatic rings. The van der Waals surface area contributed by atoms with Gasteiger partial charge in [-0.1, -0.05) is 53.0 Å². The molecular formula is C20H34N2. The third kappa shape index (κ3) is 3.42. The number of anilines is 2. The number of nitrogens with zero attached hydrogens (tertiary/aromatic N) is 1. The van der Waals surface area contributed by atoms with Crippen molar-refractivity contribution in [3.05, 3.63) is 23.8 Å². The fourth-order valence-corrected chi connectivity index (χ4v) is 4.09. The van der Waals surface area contributed by atoms with Crippen LogP contribution in [0, 0.1) is 0 Å². The first kappa shape index (κ1) is 17.2. The molecule has 1 aliphatic heterocycles. The lowest BCUT2D eigenvalue weighted by atomic mass is 9.83. The first-order valence-electron chi connectivity index (χ1n) is 9.35. The second kappa shape index (κ2) is 7.89. The molecule has 1 aliphatic rings. The first-order valence-corrected chi connectivity index (χ1v) is 9.35. The molecule has 0 aliphatic carbocycles. The van der Waals surface area contributed by atoms with E-state index in [1.807, 2.05) is 0 Å². The minimum Gasteiger partial charge on any atom is -0.381 e. The highest BCUT2D eigenvalue weighted by molar-refractivity contribution is 5.74. The SMILES string of the molecule is CCCc1ccc2c(c1)N(CCC)C(CCC)(CCC)CN2. The number of hydrogen-bond acceptors (Lipinski definition) is 2. The molecule has 0 bridgehead atoms. The summed E-state index contributed by atoms with van der Waals surface area (Å²) in [5, 5.41) is 3.74. The van der Waals surface area contributed by atoms with Crippen molar-refractivity contribution in [2.45, 2.75) is 78.2 Å². The van der Waals surface area contributed by atoms with Gasteiger partial charge in [-0.05, 0) is 43.4 Å². The molecule has 1 heterocycles. The molecule has 2 heteroatoms. The lowest BCUT2D eigenvalue weighted by Crippen LogP contribution is -2.56. The van der Waals surface area contributed by atoms with Gasteiger partial charge in [-0.15, -0.1) is 0 Å². The van der Waals surface area contributed by atoms with E-state index in [2.05, 4.69) is 56.1 Å². The number of aryl methyl sites for hydroxylation is 1. The molecule has 22 heavy (non-hydrogen) atoms. The van der Waals surface area contributed by atoms with Gasteiger partial charge in [0.05, 0.1) is 16.9 Å². The zero-order valence-electron chi connectivity index (χ0n) is 15.0. The lowest BCUT2D eigenvalue weighted by Gasteiger charge is -2.50. The predicted octanol–water partition coefficient (Wildman–Crippen LogP) is 5.62. The molecule has 0 spiro atoms. The predicted molar refractivity (Wildman–Crippen MR) is 99.1 cm³/mol. The van der Waals surface area contributed by atoms with Crippen molar-refractivity contribution in [3.8, 4) is 0 Å². The average molecular weight is 303 g/mol. The van der Waals surface area contributed by atoms with Crippen LogP contribution in [0.2, 0.25) is 0 Å². The summed E-state index contributed by atoms with van der Waals surface area (Å²) in [6.07, 6.45) is 8.69. The van der Waals surface area contributed by atoms with Gasteiger partial charge in [0.1, 0.15) is 0 Å². The van der Waals surface area contributed by atoms with E-state index in [4.69, 9.17) is 0 Å². The van der Waals surface area contributed by atoms with E-state index in [1.54, 1.807) is 0 Å². The van der Waals surface area contributed by atoms with Crippen molar-refractivity contribution in [2.75, 3.05) is 23.3 Å². The highest BCUT2D eigenvalue weighted by atomic mass is 15.3. The van der Waals surface area contributed by atoms with Crippen molar-refractivity contribution >= 4 is 11.4 Å². The molecule has 0 amide bonds. The summed E-state index contributed by atoms with van der Waals surface area (Å²) < 4.78 is 0. The first-order chi connectivity index (χ1) is 10.7. The van der Waals surface area contributed by atoms with Gasteiger partial charge in [0, 0.05) is 13.1 Å². The average Bonchev–Trinajstić information content (AvgIpc) is 2.51.